The van der Waals surface area contributed by atoms with Gasteiger partial charge in [0, 0.05) is 42.8 Å². The van der Waals surface area contributed by atoms with Crippen molar-refractivity contribution in [3.8, 4) is 0 Å². The number of hydrogen-bond donors (Lipinski definition) is 0. The quantitative estimate of drug-likeness (QED) is 0.770. The largest absolute Gasteiger partial charge is 0.384 e. The number of piperidine rings is 1. The monoisotopic (exact) mass is 331 g/mol. The SMILES string of the molecule is COCC1CCN(c2ccc(CBr)c(Cl)c2)CC1. The van der Waals surface area contributed by atoms with E-state index in [0.29, 0.717) is 5.92 Å². The molecule has 0 bridgehead atoms. The molecule has 2 rings (SSSR count). The number of ether oxygens (including phenoxy) is 1. The minimum absolute atomic E-state index is 0.712. The highest BCUT2D eigenvalue weighted by atomic mass is 79.9. The van der Waals surface area contributed by atoms with Gasteiger partial charge < -0.3 is 9.64 Å². The summed E-state index contributed by atoms with van der Waals surface area (Å²) >= 11 is 9.69. The van der Waals surface area contributed by atoms with Crippen molar-refractivity contribution in [3.63, 3.8) is 0 Å². The summed E-state index contributed by atoms with van der Waals surface area (Å²) < 4.78 is 5.23. The van der Waals surface area contributed by atoms with Gasteiger partial charge in [0.05, 0.1) is 0 Å². The smallest absolute Gasteiger partial charge is 0.0491 e. The Morgan fingerprint density at radius 3 is 2.67 bits per heavy atom. The van der Waals surface area contributed by atoms with Crippen LogP contribution in [-0.2, 0) is 10.1 Å². The third-order valence-corrected chi connectivity index (χ3v) is 4.52. The second kappa shape index (κ2) is 6.78. The Labute approximate surface area is 122 Å². The average Bonchev–Trinajstić information content (AvgIpc) is 2.40. The number of rotatable bonds is 4. The highest BCUT2D eigenvalue weighted by molar-refractivity contribution is 9.08. The lowest BCUT2D eigenvalue weighted by atomic mass is 9.97. The van der Waals surface area contributed by atoms with Crippen LogP contribution in [0.15, 0.2) is 18.2 Å². The second-order valence-electron chi connectivity index (χ2n) is 4.80. The minimum atomic E-state index is 0.712. The fourth-order valence-corrected chi connectivity index (χ4v) is 3.33. The molecule has 4 heteroatoms. The van der Waals surface area contributed by atoms with E-state index in [0.717, 1.165) is 35.6 Å². The molecular weight excluding hydrogens is 314 g/mol. The predicted octanol–water partition coefficient (Wildman–Crippen LogP) is 4.10. The van der Waals surface area contributed by atoms with Crippen LogP contribution in [0.3, 0.4) is 0 Å². The summed E-state index contributed by atoms with van der Waals surface area (Å²) in [4.78, 5) is 2.41. The van der Waals surface area contributed by atoms with E-state index < -0.39 is 0 Å². The Morgan fingerprint density at radius 2 is 2.11 bits per heavy atom. The molecule has 0 saturated carbocycles. The van der Waals surface area contributed by atoms with Crippen LogP contribution in [0.2, 0.25) is 5.02 Å². The van der Waals surface area contributed by atoms with Crippen LogP contribution < -0.4 is 4.90 Å². The molecule has 0 aromatic heterocycles. The van der Waals surface area contributed by atoms with Gasteiger partial charge in [-0.3, -0.25) is 0 Å². The van der Waals surface area contributed by atoms with Gasteiger partial charge in [0.15, 0.2) is 0 Å². The van der Waals surface area contributed by atoms with Crippen LogP contribution in [0.5, 0.6) is 0 Å². The zero-order chi connectivity index (χ0) is 13.0. The van der Waals surface area contributed by atoms with Crippen molar-refractivity contribution in [3.05, 3.63) is 28.8 Å². The van der Waals surface area contributed by atoms with Crippen LogP contribution >= 0.6 is 27.5 Å². The van der Waals surface area contributed by atoms with Crippen molar-refractivity contribution < 1.29 is 4.74 Å². The maximum Gasteiger partial charge on any atom is 0.0491 e. The Kier molecular flexibility index (Phi) is 5.34. The lowest BCUT2D eigenvalue weighted by Crippen LogP contribution is -2.34. The van der Waals surface area contributed by atoms with Crippen molar-refractivity contribution in [2.24, 2.45) is 5.92 Å². The third-order valence-electron chi connectivity index (χ3n) is 3.56. The number of alkyl halides is 1. The average molecular weight is 333 g/mol. The zero-order valence-corrected chi connectivity index (χ0v) is 13.0. The Bertz CT molecular complexity index is 391. The molecule has 1 saturated heterocycles. The van der Waals surface area contributed by atoms with Crippen LogP contribution in [0.25, 0.3) is 0 Å². The highest BCUT2D eigenvalue weighted by Crippen LogP contribution is 2.28. The van der Waals surface area contributed by atoms with Crippen molar-refractivity contribution >= 4 is 33.2 Å². The van der Waals surface area contributed by atoms with Crippen molar-refractivity contribution in [2.75, 3.05) is 31.7 Å². The van der Waals surface area contributed by atoms with Crippen LogP contribution in [-0.4, -0.2) is 26.8 Å². The standard InChI is InChI=1S/C14H19BrClNO/c1-18-10-11-4-6-17(7-5-11)13-3-2-12(9-15)14(16)8-13/h2-3,8,11H,4-7,9-10H2,1H3. The normalized spacial score (nSPS) is 17.2. The van der Waals surface area contributed by atoms with Gasteiger partial charge in [-0.1, -0.05) is 33.6 Å². The predicted molar refractivity (Wildman–Crippen MR) is 80.9 cm³/mol. The molecule has 0 spiro atoms. The fourth-order valence-electron chi connectivity index (χ4n) is 2.43. The molecule has 1 aliphatic rings. The summed E-state index contributed by atoms with van der Waals surface area (Å²) in [6, 6.07) is 6.35. The van der Waals surface area contributed by atoms with Gasteiger partial charge in [-0.15, -0.1) is 0 Å². The first-order valence-corrected chi connectivity index (χ1v) is 7.82. The number of nitrogens with zero attached hydrogens (tertiary/aromatic N) is 1. The molecule has 0 aliphatic carbocycles. The molecule has 0 N–H and O–H groups in total. The van der Waals surface area contributed by atoms with E-state index >= 15 is 0 Å². The molecule has 1 aliphatic heterocycles. The van der Waals surface area contributed by atoms with E-state index in [4.69, 9.17) is 16.3 Å². The fraction of sp³-hybridized carbons (Fsp3) is 0.571. The lowest BCUT2D eigenvalue weighted by Gasteiger charge is -2.33. The summed E-state index contributed by atoms with van der Waals surface area (Å²) in [6.07, 6.45) is 2.40. The summed E-state index contributed by atoms with van der Waals surface area (Å²) in [7, 11) is 1.78. The Hall–Kier alpha value is -0.250. The number of hydrogen-bond acceptors (Lipinski definition) is 2. The maximum atomic E-state index is 6.25. The van der Waals surface area contributed by atoms with Crippen LogP contribution in [0.1, 0.15) is 18.4 Å². The second-order valence-corrected chi connectivity index (χ2v) is 5.76. The van der Waals surface area contributed by atoms with E-state index in [-0.39, 0.29) is 0 Å². The van der Waals surface area contributed by atoms with E-state index in [1.807, 2.05) is 0 Å². The summed E-state index contributed by atoms with van der Waals surface area (Å²) in [5.41, 5.74) is 2.38. The zero-order valence-electron chi connectivity index (χ0n) is 10.7. The summed E-state index contributed by atoms with van der Waals surface area (Å²) in [5, 5.41) is 1.66. The summed E-state index contributed by atoms with van der Waals surface area (Å²) in [5.74, 6) is 0.712. The van der Waals surface area contributed by atoms with Gasteiger partial charge in [-0.2, -0.15) is 0 Å². The Balaban J connectivity index is 1.99. The maximum absolute atomic E-state index is 6.25. The van der Waals surface area contributed by atoms with Gasteiger partial charge in [0.25, 0.3) is 0 Å². The van der Waals surface area contributed by atoms with Crippen molar-refractivity contribution in [2.45, 2.75) is 18.2 Å². The first-order valence-electron chi connectivity index (χ1n) is 6.33. The van der Waals surface area contributed by atoms with Crippen molar-refractivity contribution in [1.82, 2.24) is 0 Å². The van der Waals surface area contributed by atoms with Gasteiger partial charge in [0.1, 0.15) is 0 Å². The molecular formula is C14H19BrClNO. The topological polar surface area (TPSA) is 12.5 Å². The molecule has 1 aromatic carbocycles. The van der Waals surface area contributed by atoms with Crippen LogP contribution in [0, 0.1) is 5.92 Å². The molecule has 0 atom stereocenters. The van der Waals surface area contributed by atoms with Crippen LogP contribution in [0.4, 0.5) is 5.69 Å². The molecule has 1 fully saturated rings. The van der Waals surface area contributed by atoms with E-state index in [1.54, 1.807) is 7.11 Å². The number of anilines is 1. The molecule has 0 radical (unpaired) electrons. The van der Waals surface area contributed by atoms with Gasteiger partial charge >= 0.3 is 0 Å². The van der Waals surface area contributed by atoms with Gasteiger partial charge in [-0.05, 0) is 36.5 Å². The molecule has 0 unspecified atom stereocenters. The van der Waals surface area contributed by atoms with Crippen molar-refractivity contribution in [1.29, 1.82) is 0 Å². The van der Waals surface area contributed by atoms with E-state index in [9.17, 15) is 0 Å². The molecule has 100 valence electrons. The third kappa shape index (κ3) is 3.40. The molecule has 1 heterocycles. The van der Waals surface area contributed by atoms with Gasteiger partial charge in [-0.25, -0.2) is 0 Å². The molecule has 2 nitrogen and oxygen atoms in total. The Morgan fingerprint density at radius 1 is 1.39 bits per heavy atom. The number of methoxy groups -OCH3 is 1. The first-order chi connectivity index (χ1) is 8.74. The lowest BCUT2D eigenvalue weighted by molar-refractivity contribution is 0.139. The first kappa shape index (κ1) is 14.2. The van der Waals surface area contributed by atoms with E-state index in [1.165, 1.54) is 18.5 Å². The minimum Gasteiger partial charge on any atom is -0.384 e. The number of halogens is 2. The highest BCUT2D eigenvalue weighted by Gasteiger charge is 2.19. The summed E-state index contributed by atoms with van der Waals surface area (Å²) in [6.45, 7) is 3.08. The molecule has 18 heavy (non-hydrogen) atoms. The van der Waals surface area contributed by atoms with Gasteiger partial charge in [0.2, 0.25) is 0 Å². The van der Waals surface area contributed by atoms with E-state index in [2.05, 4.69) is 39.0 Å². The molecule has 0 amide bonds. The molecule has 1 aromatic rings. The number of benzene rings is 1.